The summed E-state index contributed by atoms with van der Waals surface area (Å²) >= 11 is 0. The fraction of sp³-hybridized carbons (Fsp3) is 0.933. The van der Waals surface area contributed by atoms with E-state index in [1.54, 1.807) is 0 Å². The maximum absolute atomic E-state index is 11.4. The zero-order valence-corrected chi connectivity index (χ0v) is 12.0. The number of hydrogen-bond acceptors (Lipinski definition) is 2. The van der Waals surface area contributed by atoms with Crippen LogP contribution in [0.1, 0.15) is 71.1 Å². The van der Waals surface area contributed by atoms with Gasteiger partial charge in [0, 0.05) is 12.6 Å². The summed E-state index contributed by atoms with van der Waals surface area (Å²) in [4.78, 5) is 11.4. The predicted octanol–water partition coefficient (Wildman–Crippen LogP) is 3.00. The highest BCUT2D eigenvalue weighted by Gasteiger charge is 2.20. The highest BCUT2D eigenvalue weighted by Crippen LogP contribution is 2.17. The van der Waals surface area contributed by atoms with Crippen molar-refractivity contribution in [2.24, 2.45) is 0 Å². The topological polar surface area (TPSA) is 41.1 Å². The maximum Gasteiger partial charge on any atom is 0.233 e. The first-order valence-electron chi connectivity index (χ1n) is 7.83. The molecule has 0 radical (unpaired) electrons. The lowest BCUT2D eigenvalue weighted by atomic mass is 10.1. The average Bonchev–Trinajstić information content (AvgIpc) is 3.18. The van der Waals surface area contributed by atoms with Crippen LogP contribution in [0.15, 0.2) is 0 Å². The van der Waals surface area contributed by atoms with Gasteiger partial charge in [-0.05, 0) is 19.3 Å². The molecule has 0 aliphatic heterocycles. The minimum absolute atomic E-state index is 0.157. The monoisotopic (exact) mass is 254 g/mol. The van der Waals surface area contributed by atoms with Gasteiger partial charge < -0.3 is 10.6 Å². The highest BCUT2D eigenvalue weighted by molar-refractivity contribution is 5.77. The van der Waals surface area contributed by atoms with E-state index in [9.17, 15) is 4.79 Å². The molecule has 0 saturated heterocycles. The second-order valence-corrected chi connectivity index (χ2v) is 5.48. The third-order valence-corrected chi connectivity index (χ3v) is 3.48. The van der Waals surface area contributed by atoms with E-state index in [0.717, 1.165) is 13.0 Å². The summed E-state index contributed by atoms with van der Waals surface area (Å²) in [6, 6.07) is 0.624. The molecule has 3 heteroatoms. The summed E-state index contributed by atoms with van der Waals surface area (Å²) in [5.41, 5.74) is 0. The second kappa shape index (κ2) is 10.4. The Bertz CT molecular complexity index is 215. The molecule has 1 fully saturated rings. The van der Waals surface area contributed by atoms with E-state index in [1.165, 1.54) is 57.8 Å². The fourth-order valence-corrected chi connectivity index (χ4v) is 2.07. The second-order valence-electron chi connectivity index (χ2n) is 5.48. The third kappa shape index (κ3) is 9.46. The molecule has 0 unspecified atom stereocenters. The normalized spacial score (nSPS) is 14.7. The van der Waals surface area contributed by atoms with Crippen LogP contribution in [0.2, 0.25) is 0 Å². The Kier molecular flexibility index (Phi) is 8.92. The molecule has 0 aromatic carbocycles. The van der Waals surface area contributed by atoms with E-state index in [0.29, 0.717) is 12.6 Å². The summed E-state index contributed by atoms with van der Waals surface area (Å²) in [6.07, 6.45) is 13.0. The molecule has 0 aromatic heterocycles. The van der Waals surface area contributed by atoms with Crippen LogP contribution < -0.4 is 10.6 Å². The lowest BCUT2D eigenvalue weighted by molar-refractivity contribution is -0.120. The Morgan fingerprint density at radius 2 is 1.61 bits per heavy atom. The SMILES string of the molecule is CCCCCCCCCCNC(=O)CNC1CC1. The molecule has 1 amide bonds. The first-order valence-corrected chi connectivity index (χ1v) is 7.83. The number of unbranched alkanes of at least 4 members (excludes halogenated alkanes) is 7. The molecule has 1 aliphatic carbocycles. The molecule has 1 saturated carbocycles. The molecule has 106 valence electrons. The van der Waals surface area contributed by atoms with E-state index in [4.69, 9.17) is 0 Å². The standard InChI is InChI=1S/C15H30N2O/c1-2-3-4-5-6-7-8-9-12-16-15(18)13-17-14-10-11-14/h14,17H,2-13H2,1H3,(H,16,18). The van der Waals surface area contributed by atoms with Crippen molar-refractivity contribution in [1.29, 1.82) is 0 Å². The van der Waals surface area contributed by atoms with Crippen molar-refractivity contribution in [3.05, 3.63) is 0 Å². The van der Waals surface area contributed by atoms with Crippen LogP contribution in [0.4, 0.5) is 0 Å². The third-order valence-electron chi connectivity index (χ3n) is 3.48. The molecule has 3 nitrogen and oxygen atoms in total. The van der Waals surface area contributed by atoms with Crippen LogP contribution >= 0.6 is 0 Å². The van der Waals surface area contributed by atoms with Crippen LogP contribution in [0.3, 0.4) is 0 Å². The van der Waals surface area contributed by atoms with Crippen LogP contribution in [0, 0.1) is 0 Å². The van der Waals surface area contributed by atoms with E-state index in [1.807, 2.05) is 0 Å². The number of amides is 1. The van der Waals surface area contributed by atoms with Crippen molar-refractivity contribution in [3.8, 4) is 0 Å². The Labute approximate surface area is 112 Å². The van der Waals surface area contributed by atoms with E-state index in [-0.39, 0.29) is 5.91 Å². The van der Waals surface area contributed by atoms with Gasteiger partial charge in [-0.2, -0.15) is 0 Å². The molecule has 0 atom stereocenters. The smallest absolute Gasteiger partial charge is 0.233 e. The predicted molar refractivity (Wildman–Crippen MR) is 76.6 cm³/mol. The molecule has 0 heterocycles. The van der Waals surface area contributed by atoms with Crippen LogP contribution in [0.25, 0.3) is 0 Å². The number of nitrogens with one attached hydrogen (secondary N) is 2. The zero-order valence-electron chi connectivity index (χ0n) is 12.0. The van der Waals surface area contributed by atoms with Gasteiger partial charge in [-0.1, -0.05) is 51.9 Å². The van der Waals surface area contributed by atoms with Gasteiger partial charge in [-0.15, -0.1) is 0 Å². The van der Waals surface area contributed by atoms with E-state index >= 15 is 0 Å². The van der Waals surface area contributed by atoms with Gasteiger partial charge in [-0.25, -0.2) is 0 Å². The van der Waals surface area contributed by atoms with Crippen molar-refractivity contribution in [2.75, 3.05) is 13.1 Å². The van der Waals surface area contributed by atoms with Gasteiger partial charge in [0.15, 0.2) is 0 Å². The first-order chi connectivity index (χ1) is 8.83. The van der Waals surface area contributed by atoms with Gasteiger partial charge in [0.05, 0.1) is 6.54 Å². The zero-order chi connectivity index (χ0) is 13.1. The number of carbonyl (C=O) groups excluding carboxylic acids is 1. The van der Waals surface area contributed by atoms with Crippen LogP contribution in [-0.4, -0.2) is 25.0 Å². The number of carbonyl (C=O) groups is 1. The maximum atomic E-state index is 11.4. The Hall–Kier alpha value is -0.570. The van der Waals surface area contributed by atoms with Crippen molar-refractivity contribution in [3.63, 3.8) is 0 Å². The minimum atomic E-state index is 0.157. The Morgan fingerprint density at radius 1 is 1.00 bits per heavy atom. The summed E-state index contributed by atoms with van der Waals surface area (Å²) < 4.78 is 0. The lowest BCUT2D eigenvalue weighted by Crippen LogP contribution is -2.35. The molecule has 18 heavy (non-hydrogen) atoms. The van der Waals surface area contributed by atoms with Gasteiger partial charge in [-0.3, -0.25) is 4.79 Å². The average molecular weight is 254 g/mol. The van der Waals surface area contributed by atoms with E-state index in [2.05, 4.69) is 17.6 Å². The quantitative estimate of drug-likeness (QED) is 0.526. The summed E-state index contributed by atoms with van der Waals surface area (Å²) in [6.45, 7) is 3.60. The fourth-order valence-electron chi connectivity index (χ4n) is 2.07. The first kappa shape index (κ1) is 15.5. The molecular weight excluding hydrogens is 224 g/mol. The minimum Gasteiger partial charge on any atom is -0.355 e. The van der Waals surface area contributed by atoms with Gasteiger partial charge in [0.2, 0.25) is 5.91 Å². The van der Waals surface area contributed by atoms with Crippen LogP contribution in [-0.2, 0) is 4.79 Å². The number of rotatable bonds is 12. The molecular formula is C15H30N2O. The summed E-state index contributed by atoms with van der Waals surface area (Å²) in [7, 11) is 0. The van der Waals surface area contributed by atoms with Gasteiger partial charge >= 0.3 is 0 Å². The molecule has 2 N–H and O–H groups in total. The van der Waals surface area contributed by atoms with Gasteiger partial charge in [0.25, 0.3) is 0 Å². The largest absolute Gasteiger partial charge is 0.355 e. The lowest BCUT2D eigenvalue weighted by Gasteiger charge is -2.06. The summed E-state index contributed by atoms with van der Waals surface area (Å²) in [5.74, 6) is 0.157. The summed E-state index contributed by atoms with van der Waals surface area (Å²) in [5, 5.41) is 6.20. The highest BCUT2D eigenvalue weighted by atomic mass is 16.1. The molecule has 0 aromatic rings. The van der Waals surface area contributed by atoms with Crippen LogP contribution in [0.5, 0.6) is 0 Å². The molecule has 0 spiro atoms. The molecule has 0 bridgehead atoms. The Balaban J connectivity index is 1.73. The molecule has 1 rings (SSSR count). The van der Waals surface area contributed by atoms with Gasteiger partial charge in [0.1, 0.15) is 0 Å². The van der Waals surface area contributed by atoms with E-state index < -0.39 is 0 Å². The Morgan fingerprint density at radius 3 is 2.22 bits per heavy atom. The van der Waals surface area contributed by atoms with Crippen molar-refractivity contribution in [2.45, 2.75) is 77.2 Å². The molecule has 1 aliphatic rings. The van der Waals surface area contributed by atoms with Crippen molar-refractivity contribution in [1.82, 2.24) is 10.6 Å². The van der Waals surface area contributed by atoms with Crippen molar-refractivity contribution >= 4 is 5.91 Å². The number of hydrogen-bond donors (Lipinski definition) is 2. The van der Waals surface area contributed by atoms with Crippen molar-refractivity contribution < 1.29 is 4.79 Å².